The van der Waals surface area contributed by atoms with E-state index in [0.717, 1.165) is 38.0 Å². The van der Waals surface area contributed by atoms with Crippen molar-refractivity contribution < 1.29 is 9.84 Å². The van der Waals surface area contributed by atoms with E-state index in [4.69, 9.17) is 10.5 Å². The number of ether oxygens (including phenoxy) is 1. The van der Waals surface area contributed by atoms with Crippen LogP contribution in [0.5, 0.6) is 5.75 Å². The monoisotopic (exact) mass is 408 g/mol. The quantitative estimate of drug-likeness (QED) is 0.453. The zero-order valence-electron chi connectivity index (χ0n) is 16.7. The molecule has 4 rings (SSSR count). The van der Waals surface area contributed by atoms with Crippen molar-refractivity contribution in [2.45, 2.75) is 25.9 Å². The Hall–Kier alpha value is -2.67. The number of hydrogen-bond donors (Lipinski definition) is 3. The predicted molar refractivity (Wildman–Crippen MR) is 120 cm³/mol. The van der Waals surface area contributed by atoms with E-state index in [0.29, 0.717) is 11.2 Å². The maximum Gasteiger partial charge on any atom is 0.266 e. The minimum atomic E-state index is -0.632. The fourth-order valence-electron chi connectivity index (χ4n) is 3.69. The normalized spacial score (nSPS) is 13.7. The Morgan fingerprint density at radius 2 is 1.90 bits per heavy atom. The molecule has 0 radical (unpaired) electrons. The average molecular weight is 409 g/mol. The molecule has 6 heteroatoms. The van der Waals surface area contributed by atoms with Gasteiger partial charge in [-0.05, 0) is 48.7 Å². The Morgan fingerprint density at radius 3 is 2.52 bits per heavy atom. The van der Waals surface area contributed by atoms with Crippen LogP contribution in [-0.4, -0.2) is 23.7 Å². The van der Waals surface area contributed by atoms with Crippen molar-refractivity contribution in [1.82, 2.24) is 4.98 Å². The van der Waals surface area contributed by atoms with Crippen LogP contribution in [0.1, 0.15) is 36.3 Å². The molecular formula is C23H24N2O3S. The van der Waals surface area contributed by atoms with Crippen molar-refractivity contribution in [3.8, 4) is 16.9 Å². The third-order valence-corrected chi connectivity index (χ3v) is 6.70. The standard InChI is InChI=1S/C23H24N2O3S/c1-12(11-24)14-4-6-15(7-5-14)20-18(28-3)9-8-17-21(20)16-10-19(13(2)26)29-22(16)23(27)25-17/h4-10,12-13,26H,11,24H2,1-3H3,(H,25,27). The molecule has 0 bridgehead atoms. The van der Waals surface area contributed by atoms with E-state index in [1.165, 1.54) is 16.9 Å². The fraction of sp³-hybridized carbons (Fsp3) is 0.261. The van der Waals surface area contributed by atoms with Gasteiger partial charge in [0.15, 0.2) is 0 Å². The second kappa shape index (κ2) is 7.63. The van der Waals surface area contributed by atoms with E-state index in [9.17, 15) is 9.90 Å². The first-order valence-corrected chi connectivity index (χ1v) is 10.4. The van der Waals surface area contributed by atoms with Gasteiger partial charge in [-0.25, -0.2) is 0 Å². The number of nitrogens with two attached hydrogens (primary N) is 1. The molecule has 0 amide bonds. The van der Waals surface area contributed by atoms with Gasteiger partial charge in [0.2, 0.25) is 0 Å². The van der Waals surface area contributed by atoms with Crippen LogP contribution in [0, 0.1) is 0 Å². The number of aromatic amines is 1. The summed E-state index contributed by atoms with van der Waals surface area (Å²) in [4.78, 5) is 16.4. The number of methoxy groups -OCH3 is 1. The molecule has 4 N–H and O–H groups in total. The number of benzene rings is 2. The van der Waals surface area contributed by atoms with Gasteiger partial charge < -0.3 is 20.6 Å². The van der Waals surface area contributed by atoms with Crippen LogP contribution in [0.4, 0.5) is 0 Å². The molecule has 2 aromatic heterocycles. The number of thiophene rings is 1. The number of fused-ring (bicyclic) bond motifs is 3. The van der Waals surface area contributed by atoms with E-state index in [1.54, 1.807) is 14.0 Å². The van der Waals surface area contributed by atoms with Gasteiger partial charge in [-0.15, -0.1) is 11.3 Å². The molecule has 0 fully saturated rings. The first-order valence-electron chi connectivity index (χ1n) is 9.59. The number of aromatic nitrogens is 1. The molecule has 0 aliphatic heterocycles. The number of hydrogen-bond acceptors (Lipinski definition) is 5. The smallest absolute Gasteiger partial charge is 0.266 e. The highest BCUT2D eigenvalue weighted by atomic mass is 32.1. The van der Waals surface area contributed by atoms with Crippen LogP contribution in [0.3, 0.4) is 0 Å². The molecule has 0 spiro atoms. The van der Waals surface area contributed by atoms with Gasteiger partial charge in [0, 0.05) is 26.7 Å². The average Bonchev–Trinajstić information content (AvgIpc) is 3.19. The van der Waals surface area contributed by atoms with E-state index in [2.05, 4.69) is 36.2 Å². The van der Waals surface area contributed by atoms with Crippen LogP contribution in [0.15, 0.2) is 47.3 Å². The van der Waals surface area contributed by atoms with Gasteiger partial charge in [-0.2, -0.15) is 0 Å². The van der Waals surface area contributed by atoms with Crippen LogP contribution >= 0.6 is 11.3 Å². The molecule has 0 saturated carbocycles. The Balaban J connectivity index is 2.06. The first-order chi connectivity index (χ1) is 13.9. The van der Waals surface area contributed by atoms with Gasteiger partial charge in [0.05, 0.1) is 13.2 Å². The molecule has 2 atom stereocenters. The molecule has 29 heavy (non-hydrogen) atoms. The minimum Gasteiger partial charge on any atom is -0.496 e. The van der Waals surface area contributed by atoms with Crippen molar-refractivity contribution in [2.24, 2.45) is 5.73 Å². The molecule has 2 heterocycles. The lowest BCUT2D eigenvalue weighted by Gasteiger charge is -2.15. The SMILES string of the molecule is COc1ccc2[nH]c(=O)c3sc(C(C)O)cc3c2c1-c1ccc(C(C)CN)cc1. The number of aliphatic hydroxyl groups is 1. The van der Waals surface area contributed by atoms with Gasteiger partial charge in [0.25, 0.3) is 5.56 Å². The Kier molecular flexibility index (Phi) is 5.17. The fourth-order valence-corrected chi connectivity index (χ4v) is 4.69. The van der Waals surface area contributed by atoms with Crippen LogP contribution in [-0.2, 0) is 0 Å². The maximum atomic E-state index is 12.6. The molecule has 5 nitrogen and oxygen atoms in total. The van der Waals surface area contributed by atoms with E-state index in [1.807, 2.05) is 18.2 Å². The van der Waals surface area contributed by atoms with Crippen LogP contribution < -0.4 is 16.0 Å². The number of nitrogens with one attached hydrogen (secondary N) is 1. The molecule has 2 aromatic carbocycles. The van der Waals surface area contributed by atoms with E-state index in [-0.39, 0.29) is 11.5 Å². The van der Waals surface area contributed by atoms with Gasteiger partial charge >= 0.3 is 0 Å². The van der Waals surface area contributed by atoms with E-state index < -0.39 is 6.10 Å². The molecular weight excluding hydrogens is 384 g/mol. The highest BCUT2D eigenvalue weighted by Gasteiger charge is 2.19. The summed E-state index contributed by atoms with van der Waals surface area (Å²) in [6.45, 7) is 4.40. The summed E-state index contributed by atoms with van der Waals surface area (Å²) in [6, 6.07) is 14.0. The Labute approximate surface area is 172 Å². The van der Waals surface area contributed by atoms with Gasteiger partial charge in [-0.1, -0.05) is 31.2 Å². The summed E-state index contributed by atoms with van der Waals surface area (Å²) in [5.74, 6) is 1.02. The molecule has 0 aliphatic rings. The third-order valence-electron chi connectivity index (χ3n) is 5.40. The zero-order valence-corrected chi connectivity index (χ0v) is 17.5. The topological polar surface area (TPSA) is 88.3 Å². The second-order valence-corrected chi connectivity index (χ2v) is 8.43. The third kappa shape index (κ3) is 3.33. The van der Waals surface area contributed by atoms with Crippen molar-refractivity contribution in [2.75, 3.05) is 13.7 Å². The number of pyridine rings is 1. The first kappa shape index (κ1) is 19.6. The number of rotatable bonds is 5. The van der Waals surface area contributed by atoms with Crippen molar-refractivity contribution in [3.05, 3.63) is 63.3 Å². The molecule has 4 aromatic rings. The van der Waals surface area contributed by atoms with E-state index >= 15 is 0 Å². The summed E-state index contributed by atoms with van der Waals surface area (Å²) in [7, 11) is 1.65. The lowest BCUT2D eigenvalue weighted by atomic mass is 9.94. The molecule has 2 unspecified atom stereocenters. The molecule has 150 valence electrons. The highest BCUT2D eigenvalue weighted by Crippen LogP contribution is 2.41. The van der Waals surface area contributed by atoms with Crippen molar-refractivity contribution in [3.63, 3.8) is 0 Å². The highest BCUT2D eigenvalue weighted by molar-refractivity contribution is 7.19. The summed E-state index contributed by atoms with van der Waals surface area (Å²) in [6.07, 6.45) is -0.632. The maximum absolute atomic E-state index is 12.6. The van der Waals surface area contributed by atoms with Gasteiger partial charge in [-0.3, -0.25) is 4.79 Å². The summed E-state index contributed by atoms with van der Waals surface area (Å²) in [5.41, 5.74) is 9.51. The van der Waals surface area contributed by atoms with Crippen molar-refractivity contribution in [1.29, 1.82) is 0 Å². The van der Waals surface area contributed by atoms with Crippen LogP contribution in [0.25, 0.3) is 32.1 Å². The predicted octanol–water partition coefficient (Wildman–Crippen LogP) is 4.53. The lowest BCUT2D eigenvalue weighted by molar-refractivity contribution is 0.203. The molecule has 0 aliphatic carbocycles. The summed E-state index contributed by atoms with van der Waals surface area (Å²) >= 11 is 1.33. The second-order valence-electron chi connectivity index (χ2n) is 7.35. The number of aliphatic hydroxyl groups excluding tert-OH is 1. The zero-order chi connectivity index (χ0) is 20.7. The summed E-state index contributed by atoms with van der Waals surface area (Å²) < 4.78 is 6.29. The summed E-state index contributed by atoms with van der Waals surface area (Å²) in [5, 5.41) is 11.8. The minimum absolute atomic E-state index is 0.146. The van der Waals surface area contributed by atoms with Gasteiger partial charge in [0.1, 0.15) is 10.4 Å². The Morgan fingerprint density at radius 1 is 1.17 bits per heavy atom. The van der Waals surface area contributed by atoms with Crippen molar-refractivity contribution >= 4 is 32.3 Å². The van der Waals surface area contributed by atoms with Crippen LogP contribution in [0.2, 0.25) is 0 Å². The largest absolute Gasteiger partial charge is 0.496 e. The lowest BCUT2D eigenvalue weighted by Crippen LogP contribution is -2.08. The Bertz CT molecular complexity index is 1240. The molecule has 0 saturated heterocycles. The number of H-pyrrole nitrogens is 1.